The van der Waals surface area contributed by atoms with Crippen molar-refractivity contribution in [3.8, 4) is 10.7 Å². The summed E-state index contributed by atoms with van der Waals surface area (Å²) in [6.45, 7) is 4.36. The van der Waals surface area contributed by atoms with Gasteiger partial charge in [0.05, 0.1) is 11.4 Å². The lowest BCUT2D eigenvalue weighted by Gasteiger charge is -2.10. The molecule has 0 fully saturated rings. The maximum absolute atomic E-state index is 4.79. The van der Waals surface area contributed by atoms with Gasteiger partial charge in [-0.05, 0) is 17.4 Å². The van der Waals surface area contributed by atoms with Gasteiger partial charge in [-0.15, -0.1) is 11.3 Å². The molecular weight excluding hydrogens is 240 g/mol. The predicted molar refractivity (Wildman–Crippen MR) is 76.9 cm³/mol. The molecule has 0 bridgehead atoms. The molecule has 0 radical (unpaired) electrons. The minimum atomic E-state index is 0.412. The number of aromatic nitrogens is 2. The maximum atomic E-state index is 4.79. The van der Waals surface area contributed by atoms with Crippen molar-refractivity contribution < 1.29 is 0 Å². The zero-order valence-electron chi connectivity index (χ0n) is 10.4. The van der Waals surface area contributed by atoms with Crippen LogP contribution in [-0.4, -0.2) is 9.97 Å². The monoisotopic (exact) mass is 254 g/mol. The highest BCUT2D eigenvalue weighted by atomic mass is 32.1. The van der Waals surface area contributed by atoms with E-state index < -0.39 is 0 Å². The molecule has 18 heavy (non-hydrogen) atoms. The van der Waals surface area contributed by atoms with Gasteiger partial charge in [-0.2, -0.15) is 0 Å². The summed E-state index contributed by atoms with van der Waals surface area (Å²) < 4.78 is 0. The third-order valence-corrected chi connectivity index (χ3v) is 3.76. The molecule has 0 N–H and O–H groups in total. The van der Waals surface area contributed by atoms with Crippen LogP contribution in [0.4, 0.5) is 0 Å². The molecule has 0 saturated heterocycles. The zero-order chi connectivity index (χ0) is 12.5. The van der Waals surface area contributed by atoms with Gasteiger partial charge in [0.2, 0.25) is 0 Å². The Kier molecular flexibility index (Phi) is 2.84. The highest BCUT2D eigenvalue weighted by Gasteiger charge is 2.11. The van der Waals surface area contributed by atoms with Crippen molar-refractivity contribution in [2.45, 2.75) is 19.8 Å². The molecule has 90 valence electrons. The second kappa shape index (κ2) is 4.50. The van der Waals surface area contributed by atoms with E-state index in [4.69, 9.17) is 4.98 Å². The second-order valence-electron chi connectivity index (χ2n) is 4.61. The Morgan fingerprint density at radius 3 is 2.72 bits per heavy atom. The first kappa shape index (κ1) is 11.4. The fourth-order valence-corrected chi connectivity index (χ4v) is 2.72. The van der Waals surface area contributed by atoms with Crippen molar-refractivity contribution in [2.24, 2.45) is 0 Å². The molecule has 0 aliphatic heterocycles. The van der Waals surface area contributed by atoms with Crippen LogP contribution in [0, 0.1) is 0 Å². The number of thiazole rings is 1. The van der Waals surface area contributed by atoms with Gasteiger partial charge in [-0.1, -0.05) is 38.1 Å². The molecule has 0 aliphatic rings. The van der Waals surface area contributed by atoms with Gasteiger partial charge in [-0.3, -0.25) is 0 Å². The summed E-state index contributed by atoms with van der Waals surface area (Å²) in [5.74, 6) is 0.412. The molecule has 0 amide bonds. The van der Waals surface area contributed by atoms with Crippen molar-refractivity contribution in [3.63, 3.8) is 0 Å². The molecule has 2 heterocycles. The smallest absolute Gasteiger partial charge is 0.141 e. The SMILES string of the molecule is CC(C)c1nc(-c2nccs2)cc2ccccc12. The zero-order valence-corrected chi connectivity index (χ0v) is 11.2. The summed E-state index contributed by atoms with van der Waals surface area (Å²) >= 11 is 1.63. The average molecular weight is 254 g/mol. The number of fused-ring (bicyclic) bond motifs is 1. The summed E-state index contributed by atoms with van der Waals surface area (Å²) in [5, 5.41) is 5.46. The van der Waals surface area contributed by atoms with E-state index in [1.807, 2.05) is 11.6 Å². The summed E-state index contributed by atoms with van der Waals surface area (Å²) in [4.78, 5) is 9.14. The summed E-state index contributed by atoms with van der Waals surface area (Å²) in [7, 11) is 0. The normalized spacial score (nSPS) is 11.3. The molecular formula is C15H14N2S. The minimum Gasteiger partial charge on any atom is -0.249 e. The van der Waals surface area contributed by atoms with Gasteiger partial charge in [0.15, 0.2) is 0 Å². The van der Waals surface area contributed by atoms with E-state index in [0.717, 1.165) is 16.4 Å². The number of hydrogen-bond donors (Lipinski definition) is 0. The van der Waals surface area contributed by atoms with Crippen molar-refractivity contribution in [1.82, 2.24) is 9.97 Å². The van der Waals surface area contributed by atoms with Crippen molar-refractivity contribution in [2.75, 3.05) is 0 Å². The van der Waals surface area contributed by atoms with Crippen LogP contribution >= 0.6 is 11.3 Å². The van der Waals surface area contributed by atoms with E-state index in [-0.39, 0.29) is 0 Å². The topological polar surface area (TPSA) is 25.8 Å². The van der Waals surface area contributed by atoms with Crippen molar-refractivity contribution in [1.29, 1.82) is 0 Å². The quantitative estimate of drug-likeness (QED) is 0.673. The third-order valence-electron chi connectivity index (χ3n) is 2.97. The summed E-state index contributed by atoms with van der Waals surface area (Å²) in [6, 6.07) is 10.5. The molecule has 3 rings (SSSR count). The Bertz CT molecular complexity index is 672. The average Bonchev–Trinajstić information content (AvgIpc) is 2.91. The number of rotatable bonds is 2. The number of nitrogens with zero attached hydrogens (tertiary/aromatic N) is 2. The highest BCUT2D eigenvalue weighted by Crippen LogP contribution is 2.29. The first-order valence-corrected chi connectivity index (χ1v) is 6.93. The molecule has 0 aliphatic carbocycles. The van der Waals surface area contributed by atoms with E-state index in [1.54, 1.807) is 11.3 Å². The Morgan fingerprint density at radius 2 is 2.00 bits per heavy atom. The minimum absolute atomic E-state index is 0.412. The van der Waals surface area contributed by atoms with Gasteiger partial charge < -0.3 is 0 Å². The van der Waals surface area contributed by atoms with Crippen LogP contribution in [0.15, 0.2) is 41.9 Å². The third kappa shape index (κ3) is 1.91. The Balaban J connectivity index is 2.30. The van der Waals surface area contributed by atoms with E-state index in [9.17, 15) is 0 Å². The first-order valence-electron chi connectivity index (χ1n) is 6.05. The van der Waals surface area contributed by atoms with E-state index in [2.05, 4.69) is 49.2 Å². The van der Waals surface area contributed by atoms with Crippen LogP contribution in [-0.2, 0) is 0 Å². The first-order chi connectivity index (χ1) is 8.75. The largest absolute Gasteiger partial charge is 0.249 e. The molecule has 3 aromatic rings. The molecule has 0 spiro atoms. The van der Waals surface area contributed by atoms with Crippen LogP contribution in [0.3, 0.4) is 0 Å². The summed E-state index contributed by atoms with van der Waals surface area (Å²) in [6.07, 6.45) is 1.83. The maximum Gasteiger partial charge on any atom is 0.141 e. The number of pyridine rings is 1. The Morgan fingerprint density at radius 1 is 1.17 bits per heavy atom. The number of hydrogen-bond acceptors (Lipinski definition) is 3. The van der Waals surface area contributed by atoms with Crippen LogP contribution in [0.5, 0.6) is 0 Å². The van der Waals surface area contributed by atoms with Crippen molar-refractivity contribution >= 4 is 22.1 Å². The van der Waals surface area contributed by atoms with Crippen LogP contribution < -0.4 is 0 Å². The molecule has 3 heteroatoms. The van der Waals surface area contributed by atoms with E-state index >= 15 is 0 Å². The fraction of sp³-hybridized carbons (Fsp3) is 0.200. The molecule has 2 nitrogen and oxygen atoms in total. The van der Waals surface area contributed by atoms with Gasteiger partial charge in [0.25, 0.3) is 0 Å². The summed E-state index contributed by atoms with van der Waals surface area (Å²) in [5.41, 5.74) is 2.13. The predicted octanol–water partition coefficient (Wildman–Crippen LogP) is 4.48. The van der Waals surface area contributed by atoms with Gasteiger partial charge in [0.1, 0.15) is 5.01 Å². The standard InChI is InChI=1S/C15H14N2S/c1-10(2)14-12-6-4-3-5-11(12)9-13(17-14)15-16-7-8-18-15/h3-10H,1-2H3. The molecule has 0 atom stereocenters. The lowest BCUT2D eigenvalue weighted by Crippen LogP contribution is -1.96. The van der Waals surface area contributed by atoms with Gasteiger partial charge in [-0.25, -0.2) is 9.97 Å². The van der Waals surface area contributed by atoms with E-state index in [0.29, 0.717) is 5.92 Å². The van der Waals surface area contributed by atoms with Crippen LogP contribution in [0.1, 0.15) is 25.5 Å². The van der Waals surface area contributed by atoms with Crippen LogP contribution in [0.2, 0.25) is 0 Å². The number of benzene rings is 1. The second-order valence-corrected chi connectivity index (χ2v) is 5.50. The van der Waals surface area contributed by atoms with E-state index in [1.165, 1.54) is 10.8 Å². The Labute approximate surface area is 110 Å². The molecule has 1 aromatic carbocycles. The van der Waals surface area contributed by atoms with Gasteiger partial charge >= 0.3 is 0 Å². The molecule has 2 aromatic heterocycles. The fourth-order valence-electron chi connectivity index (χ4n) is 2.13. The molecule has 0 saturated carbocycles. The lowest BCUT2D eigenvalue weighted by atomic mass is 10.0. The lowest BCUT2D eigenvalue weighted by molar-refractivity contribution is 0.836. The highest BCUT2D eigenvalue weighted by molar-refractivity contribution is 7.13. The van der Waals surface area contributed by atoms with Crippen LogP contribution in [0.25, 0.3) is 21.5 Å². The molecule has 0 unspecified atom stereocenters. The van der Waals surface area contributed by atoms with Gasteiger partial charge in [0, 0.05) is 17.0 Å². The van der Waals surface area contributed by atoms with Crippen molar-refractivity contribution in [3.05, 3.63) is 47.6 Å². The Hall–Kier alpha value is -1.74.